The number of hydrogen-bond acceptors (Lipinski definition) is 24. The average Bonchev–Trinajstić information content (AvgIpc) is 3.27. The van der Waals surface area contributed by atoms with Crippen molar-refractivity contribution in [3.63, 3.8) is 0 Å². The van der Waals surface area contributed by atoms with Crippen molar-refractivity contribution in [3.05, 3.63) is 0 Å². The maximum atomic E-state index is 8.58. The summed E-state index contributed by atoms with van der Waals surface area (Å²) >= 11 is 0. The first-order valence-corrected chi connectivity index (χ1v) is 22.9. The quantitative estimate of drug-likeness (QED) is 0.296. The van der Waals surface area contributed by atoms with E-state index in [2.05, 4.69) is 0 Å². The van der Waals surface area contributed by atoms with Gasteiger partial charge in [0.05, 0.1) is 0 Å². The van der Waals surface area contributed by atoms with Gasteiger partial charge < -0.3 is 0 Å². The molecule has 0 rings (SSSR count). The molecule has 0 atom stereocenters. The van der Waals surface area contributed by atoms with Crippen LogP contribution in [0, 0.1) is 246 Å². The Hall–Kier alpha value is -7.12. The maximum Gasteiger partial charge on any atom is 2.00 e. The first-order chi connectivity index (χ1) is 23.9. The molecule has 58 heavy (non-hydrogen) atoms. The Kier molecular flexibility index (Phi) is 26.3. The number of nitriles is 24. The van der Waals surface area contributed by atoms with Crippen LogP contribution in [-0.4, -0.2) is 0 Å². The molecule has 0 N–H and O–H groups in total. The molecular formula is C24Cu3Fe4N24Ni3. The fraction of sp³-hybridized carbons (Fsp3) is 0. The Labute approximate surface area is 384 Å². The summed E-state index contributed by atoms with van der Waals surface area (Å²) in [5.74, 6) is 0. The SMILES string of the molecule is N#[C][Fe-3]([C]#N)([C]#N)([C]#N)([C]#N)[C]#N.N#[C][Fe-3]([C]#N)([C]#N)([C]#N)([C]#N)[C]#N.N#[C][Fe-3]([C]#N)([C]#N)([C]#N)([C]#N)[C]#N.N#[C][Fe-3]([C]#N)([C]#N)([C]#N)([C]#N)[C]#N.[Cu+2].[Cu+2].[Cu+2].[Ni+2].[Ni+2].[Ni+2]. The van der Waals surface area contributed by atoms with Gasteiger partial charge in [0.2, 0.25) is 0 Å². The molecule has 311 valence electrons. The van der Waals surface area contributed by atoms with Crippen molar-refractivity contribution in [2.24, 2.45) is 0 Å². The monoisotopic (exact) mass is 1210 g/mol. The zero-order valence-electron chi connectivity index (χ0n) is 26.0. The van der Waals surface area contributed by atoms with E-state index in [4.69, 9.17) is 126 Å². The van der Waals surface area contributed by atoms with E-state index >= 15 is 0 Å². The van der Waals surface area contributed by atoms with E-state index in [0.29, 0.717) is 0 Å². The molecule has 34 heteroatoms. The molecule has 24 nitrogen and oxygen atoms in total. The van der Waals surface area contributed by atoms with E-state index in [1.807, 2.05) is 0 Å². The molecule has 0 aromatic heterocycles. The molecule has 0 heterocycles. The van der Waals surface area contributed by atoms with Crippen molar-refractivity contribution in [3.8, 4) is 119 Å². The average molecular weight is 1210 g/mol. The third-order valence-corrected chi connectivity index (χ3v) is 19.6. The van der Waals surface area contributed by atoms with Crippen molar-refractivity contribution in [1.29, 1.82) is 126 Å². The first kappa shape index (κ1) is 75.7. The third-order valence-electron chi connectivity index (χ3n) is 4.74. The van der Waals surface area contributed by atoms with Crippen molar-refractivity contribution >= 4 is 0 Å². The van der Waals surface area contributed by atoms with Crippen LogP contribution >= 0.6 is 0 Å². The number of hydrogen-bond donors (Lipinski definition) is 0. The smallest absolute Gasteiger partial charge is 2.00 e. The summed E-state index contributed by atoms with van der Waals surface area (Å²) in [5, 5.41) is 206. The molecule has 0 aromatic carbocycles. The Bertz CT molecular complexity index is 1990. The Balaban J connectivity index is -0.0000000640. The standard InChI is InChI=1S/24CN.3Cu.4Fe.3Ni/c24*1-2;;;;;;;;;;/q;;;;;;;;;;;;;;;;;;;;;;;;3*+2;4*-3;3*+2. The summed E-state index contributed by atoms with van der Waals surface area (Å²) < 4.78 is 0. The van der Waals surface area contributed by atoms with Crippen molar-refractivity contribution in [1.82, 2.24) is 0 Å². The van der Waals surface area contributed by atoms with Gasteiger partial charge in [0, 0.05) is 0 Å². The molecule has 0 unspecified atom stereocenters. The fourth-order valence-corrected chi connectivity index (χ4v) is 4.37. The minimum absolute atomic E-state index is 0. The Morgan fingerprint density at radius 1 is 0.138 bits per heavy atom. The van der Waals surface area contributed by atoms with Crippen LogP contribution in [-0.2, 0) is 144 Å². The summed E-state index contributed by atoms with van der Waals surface area (Å²) in [6.45, 7) is 0. The fourth-order valence-electron chi connectivity index (χ4n) is 1.06. The second kappa shape index (κ2) is 20.2. The van der Waals surface area contributed by atoms with Crippen LogP contribution in [0.25, 0.3) is 0 Å². The van der Waals surface area contributed by atoms with E-state index < -0.39 is 42.9 Å². The summed E-state index contributed by atoms with van der Waals surface area (Å²) in [7, 11) is -24.7. The van der Waals surface area contributed by atoms with Gasteiger partial charge in [-0.15, -0.1) is 0 Å². The normalized spacial score (nSPS) is 12.0. The van der Waals surface area contributed by atoms with E-state index in [-0.39, 0.29) is 101 Å². The van der Waals surface area contributed by atoms with Gasteiger partial charge in [0.1, 0.15) is 0 Å². The zero-order chi connectivity index (χ0) is 42.6. The molecule has 0 amide bonds. The van der Waals surface area contributed by atoms with Gasteiger partial charge in [0.25, 0.3) is 0 Å². The summed E-state index contributed by atoms with van der Waals surface area (Å²) in [6.07, 6.45) is 0. The van der Waals surface area contributed by atoms with E-state index in [0.717, 1.165) is 119 Å². The molecule has 0 bridgehead atoms. The molecule has 0 aromatic rings. The number of nitrogens with zero attached hydrogens (tertiary/aromatic N) is 24. The van der Waals surface area contributed by atoms with Crippen LogP contribution in [0.5, 0.6) is 0 Å². The van der Waals surface area contributed by atoms with E-state index in [1.165, 1.54) is 0 Å². The van der Waals surface area contributed by atoms with E-state index in [9.17, 15) is 0 Å². The van der Waals surface area contributed by atoms with Crippen LogP contribution in [0.3, 0.4) is 0 Å². The predicted molar refractivity (Wildman–Crippen MR) is 135 cm³/mol. The van der Waals surface area contributed by atoms with Crippen LogP contribution in [0.1, 0.15) is 0 Å². The number of rotatable bonds is 0. The van der Waals surface area contributed by atoms with Gasteiger partial charge in [0.15, 0.2) is 0 Å². The van der Waals surface area contributed by atoms with Gasteiger partial charge in [-0.1, -0.05) is 0 Å². The van der Waals surface area contributed by atoms with Gasteiger partial charge in [-0.05, 0) is 0 Å². The van der Waals surface area contributed by atoms with E-state index in [1.54, 1.807) is 0 Å². The van der Waals surface area contributed by atoms with Gasteiger partial charge in [-0.3, -0.25) is 0 Å². The van der Waals surface area contributed by atoms with Crippen LogP contribution in [0.15, 0.2) is 0 Å². The second-order valence-corrected chi connectivity index (χ2v) is 29.7. The largest absolute Gasteiger partial charge is 2.00 e. The minimum Gasteiger partial charge on any atom is 2.00 e. The maximum absolute atomic E-state index is 8.58. The molecule has 0 saturated heterocycles. The van der Waals surface area contributed by atoms with Gasteiger partial charge >= 0.3 is 389 Å². The van der Waals surface area contributed by atoms with Gasteiger partial charge in [-0.2, -0.15) is 0 Å². The van der Waals surface area contributed by atoms with Crippen molar-refractivity contribution in [2.75, 3.05) is 0 Å². The van der Waals surface area contributed by atoms with Crippen molar-refractivity contribution < 1.29 is 144 Å². The Morgan fingerprint density at radius 2 is 0.172 bits per heavy atom. The predicted octanol–water partition coefficient (Wildman–Crippen LogP) is 0.378. The topological polar surface area (TPSA) is 571 Å². The molecule has 3 radical (unpaired) electrons. The molecule has 0 saturated carbocycles. The van der Waals surface area contributed by atoms with Gasteiger partial charge in [-0.25, -0.2) is 0 Å². The second-order valence-electron chi connectivity index (χ2n) is 7.20. The Morgan fingerprint density at radius 3 is 0.172 bits per heavy atom. The zero-order valence-corrected chi connectivity index (χ0v) is 36.2. The van der Waals surface area contributed by atoms with Crippen LogP contribution in [0.2, 0.25) is 0 Å². The molecule has 0 aliphatic rings. The molecule has 0 aliphatic carbocycles. The first-order valence-electron chi connectivity index (χ1n) is 9.61. The van der Waals surface area contributed by atoms with Crippen molar-refractivity contribution in [2.45, 2.75) is 0 Å². The summed E-state index contributed by atoms with van der Waals surface area (Å²) in [5.41, 5.74) is 0. The molecule has 0 spiro atoms. The van der Waals surface area contributed by atoms with Crippen LogP contribution in [0.4, 0.5) is 0 Å². The molecular weight excluding hydrogens is 1210 g/mol. The minimum atomic E-state index is -6.17. The third kappa shape index (κ3) is 8.79. The summed E-state index contributed by atoms with van der Waals surface area (Å²) in [4.78, 5) is 24.8. The van der Waals surface area contributed by atoms with Crippen LogP contribution < -0.4 is 0 Å². The summed E-state index contributed by atoms with van der Waals surface area (Å²) in [6, 6.07) is 0. The molecule has 0 aliphatic heterocycles. The molecule has 0 fully saturated rings.